The topological polar surface area (TPSA) is 46.3 Å². The number of nitrogens with two attached hydrogens (primary N) is 1. The first-order chi connectivity index (χ1) is 6.11. The van der Waals surface area contributed by atoms with Crippen LogP contribution in [0.5, 0.6) is 0 Å². The molecule has 1 amide bonds. The largest absolute Gasteiger partial charge is 0.335 e. The second-order valence-electron chi connectivity index (χ2n) is 3.33. The van der Waals surface area contributed by atoms with Crippen LogP contribution in [-0.4, -0.2) is 30.9 Å². The molecule has 1 atom stereocenters. The molecule has 1 unspecified atom stereocenters. The molecule has 0 aromatic carbocycles. The molecular formula is C10H18N2O. The van der Waals surface area contributed by atoms with Crippen LogP contribution in [0, 0.1) is 18.3 Å². The average Bonchev–Trinajstić information content (AvgIpc) is 2.13. The molecule has 0 heterocycles. The SMILES string of the molecule is C#CCN(C)C(=O)CCC(C)CN. The first-order valence-electron chi connectivity index (χ1n) is 4.49. The van der Waals surface area contributed by atoms with Gasteiger partial charge in [-0.15, -0.1) is 6.42 Å². The lowest BCUT2D eigenvalue weighted by Crippen LogP contribution is -2.27. The van der Waals surface area contributed by atoms with Gasteiger partial charge in [0.2, 0.25) is 5.91 Å². The van der Waals surface area contributed by atoms with Crippen LogP contribution in [0.1, 0.15) is 19.8 Å². The minimum absolute atomic E-state index is 0.0956. The quantitative estimate of drug-likeness (QED) is 0.628. The highest BCUT2D eigenvalue weighted by molar-refractivity contribution is 5.76. The summed E-state index contributed by atoms with van der Waals surface area (Å²) in [6.07, 6.45) is 6.46. The Hall–Kier alpha value is -1.01. The molecule has 13 heavy (non-hydrogen) atoms. The Morgan fingerprint density at radius 1 is 1.69 bits per heavy atom. The van der Waals surface area contributed by atoms with Crippen molar-refractivity contribution >= 4 is 5.91 Å². The number of carbonyl (C=O) groups is 1. The fraction of sp³-hybridized carbons (Fsp3) is 0.700. The molecule has 0 aliphatic rings. The van der Waals surface area contributed by atoms with Crippen molar-refractivity contribution in [2.75, 3.05) is 20.1 Å². The lowest BCUT2D eigenvalue weighted by atomic mass is 10.1. The lowest BCUT2D eigenvalue weighted by molar-refractivity contribution is -0.129. The van der Waals surface area contributed by atoms with Crippen LogP contribution in [0.4, 0.5) is 0 Å². The summed E-state index contributed by atoms with van der Waals surface area (Å²) in [4.78, 5) is 12.9. The van der Waals surface area contributed by atoms with Gasteiger partial charge in [-0.05, 0) is 18.9 Å². The number of hydrogen-bond donors (Lipinski definition) is 1. The molecule has 74 valence electrons. The summed E-state index contributed by atoms with van der Waals surface area (Å²) in [5.41, 5.74) is 5.44. The monoisotopic (exact) mass is 182 g/mol. The Balaban J connectivity index is 3.69. The summed E-state index contributed by atoms with van der Waals surface area (Å²) >= 11 is 0. The van der Waals surface area contributed by atoms with E-state index in [1.807, 2.05) is 6.92 Å². The first kappa shape index (κ1) is 12.0. The van der Waals surface area contributed by atoms with E-state index in [-0.39, 0.29) is 5.91 Å². The van der Waals surface area contributed by atoms with Gasteiger partial charge < -0.3 is 10.6 Å². The van der Waals surface area contributed by atoms with Crippen molar-refractivity contribution in [1.82, 2.24) is 4.90 Å². The minimum atomic E-state index is 0.0956. The van der Waals surface area contributed by atoms with Crippen LogP contribution in [0.3, 0.4) is 0 Å². The summed E-state index contributed by atoms with van der Waals surface area (Å²) in [6, 6.07) is 0. The molecule has 0 bridgehead atoms. The van der Waals surface area contributed by atoms with E-state index in [2.05, 4.69) is 5.92 Å². The van der Waals surface area contributed by atoms with Crippen LogP contribution in [0.2, 0.25) is 0 Å². The van der Waals surface area contributed by atoms with Gasteiger partial charge in [-0.2, -0.15) is 0 Å². The maximum Gasteiger partial charge on any atom is 0.223 e. The highest BCUT2D eigenvalue weighted by Crippen LogP contribution is 2.04. The minimum Gasteiger partial charge on any atom is -0.335 e. The van der Waals surface area contributed by atoms with Gasteiger partial charge in [0.15, 0.2) is 0 Å². The predicted octanol–water partition coefficient (Wildman–Crippen LogP) is 0.453. The average molecular weight is 182 g/mol. The van der Waals surface area contributed by atoms with Crippen LogP contribution in [0.25, 0.3) is 0 Å². The zero-order chi connectivity index (χ0) is 10.3. The number of nitrogens with zero attached hydrogens (tertiary/aromatic N) is 1. The Morgan fingerprint density at radius 3 is 2.77 bits per heavy atom. The summed E-state index contributed by atoms with van der Waals surface area (Å²) in [5, 5.41) is 0. The second-order valence-corrected chi connectivity index (χ2v) is 3.33. The number of terminal acetylenes is 1. The molecule has 0 saturated heterocycles. The maximum atomic E-state index is 11.3. The standard InChI is InChI=1S/C10H18N2O/c1-4-7-12(3)10(13)6-5-9(2)8-11/h1,9H,5-8,11H2,2-3H3. The third-order valence-electron chi connectivity index (χ3n) is 2.01. The molecule has 0 spiro atoms. The Kier molecular flexibility index (Phi) is 5.99. The second kappa shape index (κ2) is 6.50. The zero-order valence-corrected chi connectivity index (χ0v) is 8.42. The Morgan fingerprint density at radius 2 is 2.31 bits per heavy atom. The number of rotatable bonds is 5. The third kappa shape index (κ3) is 5.26. The molecule has 0 aromatic heterocycles. The van der Waals surface area contributed by atoms with Gasteiger partial charge in [-0.3, -0.25) is 4.79 Å². The van der Waals surface area contributed by atoms with E-state index >= 15 is 0 Å². The summed E-state index contributed by atoms with van der Waals surface area (Å²) in [7, 11) is 1.72. The van der Waals surface area contributed by atoms with E-state index in [4.69, 9.17) is 12.2 Å². The number of hydrogen-bond acceptors (Lipinski definition) is 2. The van der Waals surface area contributed by atoms with E-state index < -0.39 is 0 Å². The van der Waals surface area contributed by atoms with Crippen molar-refractivity contribution in [3.05, 3.63) is 0 Å². The summed E-state index contributed by atoms with van der Waals surface area (Å²) in [6.45, 7) is 3.05. The van der Waals surface area contributed by atoms with Crippen LogP contribution in [-0.2, 0) is 4.79 Å². The third-order valence-corrected chi connectivity index (χ3v) is 2.01. The van der Waals surface area contributed by atoms with E-state index in [9.17, 15) is 4.79 Å². The van der Waals surface area contributed by atoms with Gasteiger partial charge in [-0.25, -0.2) is 0 Å². The van der Waals surface area contributed by atoms with Gasteiger partial charge in [0.05, 0.1) is 6.54 Å². The fourth-order valence-electron chi connectivity index (χ4n) is 0.904. The van der Waals surface area contributed by atoms with E-state index in [1.165, 1.54) is 0 Å². The molecule has 3 heteroatoms. The zero-order valence-electron chi connectivity index (χ0n) is 8.42. The van der Waals surface area contributed by atoms with Crippen molar-refractivity contribution in [1.29, 1.82) is 0 Å². The van der Waals surface area contributed by atoms with Crippen molar-refractivity contribution in [3.8, 4) is 12.3 Å². The molecular weight excluding hydrogens is 164 g/mol. The molecule has 0 aliphatic carbocycles. The van der Waals surface area contributed by atoms with Crippen molar-refractivity contribution in [3.63, 3.8) is 0 Å². The maximum absolute atomic E-state index is 11.3. The molecule has 3 nitrogen and oxygen atoms in total. The van der Waals surface area contributed by atoms with Crippen LogP contribution >= 0.6 is 0 Å². The summed E-state index contributed by atoms with van der Waals surface area (Å²) in [5.74, 6) is 2.93. The van der Waals surface area contributed by atoms with Crippen molar-refractivity contribution < 1.29 is 4.79 Å². The van der Waals surface area contributed by atoms with Crippen LogP contribution < -0.4 is 5.73 Å². The Labute approximate surface area is 80.3 Å². The highest BCUT2D eigenvalue weighted by Gasteiger charge is 2.08. The predicted molar refractivity (Wildman–Crippen MR) is 53.9 cm³/mol. The molecule has 0 saturated carbocycles. The van der Waals surface area contributed by atoms with Crippen LogP contribution in [0.15, 0.2) is 0 Å². The smallest absolute Gasteiger partial charge is 0.223 e. The molecule has 0 fully saturated rings. The lowest BCUT2D eigenvalue weighted by Gasteiger charge is -2.15. The molecule has 2 N–H and O–H groups in total. The normalized spacial score (nSPS) is 11.8. The summed E-state index contributed by atoms with van der Waals surface area (Å²) < 4.78 is 0. The van der Waals surface area contributed by atoms with E-state index in [1.54, 1.807) is 11.9 Å². The number of amides is 1. The molecule has 0 aromatic rings. The molecule has 0 radical (unpaired) electrons. The van der Waals surface area contributed by atoms with E-state index in [0.29, 0.717) is 25.4 Å². The number of carbonyl (C=O) groups excluding carboxylic acids is 1. The van der Waals surface area contributed by atoms with E-state index in [0.717, 1.165) is 6.42 Å². The Bertz CT molecular complexity index is 196. The van der Waals surface area contributed by atoms with Crippen molar-refractivity contribution in [2.24, 2.45) is 11.7 Å². The fourth-order valence-corrected chi connectivity index (χ4v) is 0.904. The van der Waals surface area contributed by atoms with Gasteiger partial charge in [0.1, 0.15) is 0 Å². The first-order valence-corrected chi connectivity index (χ1v) is 4.49. The van der Waals surface area contributed by atoms with Gasteiger partial charge in [-0.1, -0.05) is 12.8 Å². The molecule has 0 aliphatic heterocycles. The molecule has 0 rings (SSSR count). The highest BCUT2D eigenvalue weighted by atomic mass is 16.2. The van der Waals surface area contributed by atoms with Crippen molar-refractivity contribution in [2.45, 2.75) is 19.8 Å². The van der Waals surface area contributed by atoms with Gasteiger partial charge >= 0.3 is 0 Å². The van der Waals surface area contributed by atoms with Gasteiger partial charge in [0.25, 0.3) is 0 Å². The van der Waals surface area contributed by atoms with Gasteiger partial charge in [0, 0.05) is 13.5 Å².